The summed E-state index contributed by atoms with van der Waals surface area (Å²) in [6, 6.07) is 5.09. The van der Waals surface area contributed by atoms with Gasteiger partial charge in [-0.3, -0.25) is 0 Å². The molecule has 0 spiro atoms. The van der Waals surface area contributed by atoms with Gasteiger partial charge in [-0.05, 0) is 18.2 Å². The molecule has 1 aliphatic heterocycles. The smallest absolute Gasteiger partial charge is 0.345 e. The highest BCUT2D eigenvalue weighted by atomic mass is 16.7. The summed E-state index contributed by atoms with van der Waals surface area (Å²) in [5, 5.41) is 59.2. The highest BCUT2D eigenvalue weighted by Gasteiger charge is 2.55. The van der Waals surface area contributed by atoms with Gasteiger partial charge < -0.3 is 39.8 Å². The van der Waals surface area contributed by atoms with Gasteiger partial charge in [-0.1, -0.05) is 0 Å². The summed E-state index contributed by atoms with van der Waals surface area (Å²) in [6.07, 6.45) is -7.01. The molecule has 0 aliphatic carbocycles. The molecule has 0 amide bonds. The molecule has 0 unspecified atom stereocenters. The Kier molecular flexibility index (Phi) is 4.08. The maximum Gasteiger partial charge on any atom is 0.345 e. The largest absolute Gasteiger partial charge is 0.508 e. The summed E-state index contributed by atoms with van der Waals surface area (Å²) in [5.74, 6) is -2.83. The molecule has 1 aliphatic rings. The Bertz CT molecular complexity index is 814. The van der Waals surface area contributed by atoms with E-state index in [-0.39, 0.29) is 11.3 Å². The summed E-state index contributed by atoms with van der Waals surface area (Å²) >= 11 is 0. The van der Waals surface area contributed by atoms with E-state index in [0.29, 0.717) is 5.39 Å². The maximum absolute atomic E-state index is 12.2. The van der Waals surface area contributed by atoms with Gasteiger partial charge in [-0.25, -0.2) is 4.79 Å². The fourth-order valence-electron chi connectivity index (χ4n) is 2.73. The number of phenolic OH excluding ortho intramolecular Hbond substituents is 1. The van der Waals surface area contributed by atoms with E-state index in [4.69, 9.17) is 9.15 Å². The van der Waals surface area contributed by atoms with Crippen LogP contribution in [0.25, 0.3) is 11.0 Å². The minimum absolute atomic E-state index is 0.0388. The van der Waals surface area contributed by atoms with Crippen molar-refractivity contribution in [3.63, 3.8) is 0 Å². The Labute approximate surface area is 134 Å². The molecule has 1 aromatic carbocycles. The number of phenols is 1. The van der Waals surface area contributed by atoms with Gasteiger partial charge in [0.15, 0.2) is 0 Å². The van der Waals surface area contributed by atoms with Crippen LogP contribution in [0.4, 0.5) is 0 Å². The zero-order chi connectivity index (χ0) is 17.6. The topological polar surface area (TPSA) is 161 Å². The minimum Gasteiger partial charge on any atom is -0.508 e. The molecule has 130 valence electrons. The third kappa shape index (κ3) is 2.47. The van der Waals surface area contributed by atoms with Crippen molar-refractivity contribution in [3.8, 4) is 5.75 Å². The first-order chi connectivity index (χ1) is 11.3. The average molecular weight is 340 g/mol. The third-order valence-electron chi connectivity index (χ3n) is 4.07. The second-order valence-corrected chi connectivity index (χ2v) is 5.63. The number of hydrogen-bond acceptors (Lipinski definition) is 9. The van der Waals surface area contributed by atoms with Crippen LogP contribution in [0.3, 0.4) is 0 Å². The highest BCUT2D eigenvalue weighted by molar-refractivity contribution is 5.78. The van der Waals surface area contributed by atoms with Crippen molar-refractivity contribution in [2.24, 2.45) is 0 Å². The summed E-state index contributed by atoms with van der Waals surface area (Å²) in [7, 11) is 0. The zero-order valence-corrected chi connectivity index (χ0v) is 12.2. The molecule has 6 N–H and O–H groups in total. The van der Waals surface area contributed by atoms with Crippen molar-refractivity contribution >= 4 is 11.0 Å². The van der Waals surface area contributed by atoms with Crippen LogP contribution in [0.5, 0.6) is 5.75 Å². The fourth-order valence-corrected chi connectivity index (χ4v) is 2.73. The minimum atomic E-state index is -2.70. The number of ether oxygens (including phenoxy) is 1. The number of rotatable bonds is 2. The Balaban J connectivity index is 2.15. The molecule has 2 aromatic rings. The molecular formula is C15H16O9. The molecule has 1 aromatic heterocycles. The van der Waals surface area contributed by atoms with Crippen LogP contribution < -0.4 is 5.63 Å². The standard InChI is InChI=1S/C15H16O9/c16-5-10-11(18)12(19)13(20)15(22,24-10)8-3-6-1-2-7(17)4-9(6)23-14(8)21/h1-4,10-13,16-20,22H,5H2/t10-,11+,12+,13-,15+/m1/s1. The summed E-state index contributed by atoms with van der Waals surface area (Å²) in [6.45, 7) is -0.764. The van der Waals surface area contributed by atoms with E-state index >= 15 is 0 Å². The van der Waals surface area contributed by atoms with Crippen LogP contribution in [-0.2, 0) is 10.5 Å². The van der Waals surface area contributed by atoms with Crippen molar-refractivity contribution in [1.29, 1.82) is 0 Å². The lowest BCUT2D eigenvalue weighted by Gasteiger charge is -2.44. The zero-order valence-electron chi connectivity index (χ0n) is 12.2. The van der Waals surface area contributed by atoms with Gasteiger partial charge >= 0.3 is 5.63 Å². The van der Waals surface area contributed by atoms with E-state index in [1.807, 2.05) is 0 Å². The lowest BCUT2D eigenvalue weighted by molar-refractivity contribution is -0.358. The van der Waals surface area contributed by atoms with Crippen LogP contribution in [-0.4, -0.2) is 61.7 Å². The predicted octanol–water partition coefficient (Wildman–Crippen LogP) is -1.88. The van der Waals surface area contributed by atoms with E-state index in [2.05, 4.69) is 0 Å². The Morgan fingerprint density at radius 1 is 1.12 bits per heavy atom. The molecular weight excluding hydrogens is 324 g/mol. The Morgan fingerprint density at radius 3 is 2.50 bits per heavy atom. The van der Waals surface area contributed by atoms with Gasteiger partial charge in [0.1, 0.15) is 35.7 Å². The predicted molar refractivity (Wildman–Crippen MR) is 78.0 cm³/mol. The molecule has 1 fully saturated rings. The van der Waals surface area contributed by atoms with Gasteiger partial charge in [0.2, 0.25) is 5.79 Å². The van der Waals surface area contributed by atoms with Crippen LogP contribution in [0.1, 0.15) is 5.56 Å². The van der Waals surface area contributed by atoms with Crippen molar-refractivity contribution in [2.45, 2.75) is 30.2 Å². The molecule has 1 saturated heterocycles. The average Bonchev–Trinajstić information content (AvgIpc) is 2.55. The van der Waals surface area contributed by atoms with Gasteiger partial charge in [0, 0.05) is 11.5 Å². The Hall–Kier alpha value is -2.01. The molecule has 0 bridgehead atoms. The maximum atomic E-state index is 12.2. The van der Waals surface area contributed by atoms with Crippen molar-refractivity contribution in [3.05, 3.63) is 40.2 Å². The lowest BCUT2D eigenvalue weighted by atomic mass is 9.88. The van der Waals surface area contributed by atoms with Crippen molar-refractivity contribution in [2.75, 3.05) is 6.61 Å². The molecule has 0 radical (unpaired) electrons. The first kappa shape index (κ1) is 16.8. The number of hydrogen-bond donors (Lipinski definition) is 6. The first-order valence-electron chi connectivity index (χ1n) is 7.10. The monoisotopic (exact) mass is 340 g/mol. The van der Waals surface area contributed by atoms with Gasteiger partial charge in [0.05, 0.1) is 12.2 Å². The molecule has 5 atom stereocenters. The molecule has 3 rings (SSSR count). The molecule has 9 nitrogen and oxygen atoms in total. The van der Waals surface area contributed by atoms with E-state index < -0.39 is 48.0 Å². The van der Waals surface area contributed by atoms with Crippen LogP contribution in [0.2, 0.25) is 0 Å². The SMILES string of the molecule is O=c1oc2cc(O)ccc2cc1[C@]1(O)O[C@H](CO)[C@H](O)[C@H](O)[C@H]1O. The summed E-state index contributed by atoms with van der Waals surface area (Å²) in [4.78, 5) is 12.2. The second kappa shape index (κ2) is 5.81. The van der Waals surface area contributed by atoms with Crippen LogP contribution in [0.15, 0.2) is 33.5 Å². The van der Waals surface area contributed by atoms with Crippen molar-refractivity contribution < 1.29 is 39.8 Å². The quantitative estimate of drug-likeness (QED) is 0.344. The molecule has 24 heavy (non-hydrogen) atoms. The normalized spacial score (nSPS) is 33.7. The number of fused-ring (bicyclic) bond motifs is 1. The number of aliphatic hydroxyl groups excluding tert-OH is 4. The number of aromatic hydroxyl groups is 1. The first-order valence-corrected chi connectivity index (χ1v) is 7.10. The van der Waals surface area contributed by atoms with Gasteiger partial charge in [0.25, 0.3) is 0 Å². The number of aliphatic hydroxyl groups is 5. The fraction of sp³-hybridized carbons (Fsp3) is 0.400. The van der Waals surface area contributed by atoms with Crippen molar-refractivity contribution in [1.82, 2.24) is 0 Å². The molecule has 2 heterocycles. The van der Waals surface area contributed by atoms with Gasteiger partial charge in [-0.2, -0.15) is 0 Å². The van der Waals surface area contributed by atoms with E-state index in [0.717, 1.165) is 0 Å². The lowest BCUT2D eigenvalue weighted by Crippen LogP contribution is -2.64. The summed E-state index contributed by atoms with van der Waals surface area (Å²) < 4.78 is 10.1. The van der Waals surface area contributed by atoms with Crippen LogP contribution >= 0.6 is 0 Å². The Morgan fingerprint density at radius 2 is 1.83 bits per heavy atom. The third-order valence-corrected chi connectivity index (χ3v) is 4.07. The number of benzene rings is 1. The van der Waals surface area contributed by atoms with Gasteiger partial charge in [-0.15, -0.1) is 0 Å². The van der Waals surface area contributed by atoms with E-state index in [1.54, 1.807) is 0 Å². The van der Waals surface area contributed by atoms with Crippen LogP contribution in [0, 0.1) is 0 Å². The molecule has 0 saturated carbocycles. The molecule has 9 heteroatoms. The van der Waals surface area contributed by atoms with E-state index in [9.17, 15) is 35.4 Å². The highest BCUT2D eigenvalue weighted by Crippen LogP contribution is 2.36. The summed E-state index contributed by atoms with van der Waals surface area (Å²) in [5.41, 5.74) is -1.55. The van der Waals surface area contributed by atoms with E-state index in [1.165, 1.54) is 24.3 Å². The second-order valence-electron chi connectivity index (χ2n) is 5.63.